The Morgan fingerprint density at radius 3 is 2.11 bits per heavy atom. The molecule has 1 atom stereocenters. The van der Waals surface area contributed by atoms with Crippen molar-refractivity contribution in [3.8, 4) is 0 Å². The summed E-state index contributed by atoms with van der Waals surface area (Å²) in [4.78, 5) is 4.24. The fourth-order valence-corrected chi connectivity index (χ4v) is 4.72. The number of rotatable bonds is 4. The molecule has 0 unspecified atom stereocenters. The van der Waals surface area contributed by atoms with Gasteiger partial charge in [0.15, 0.2) is 11.6 Å². The molecule has 0 radical (unpaired) electrons. The van der Waals surface area contributed by atoms with Gasteiger partial charge in [-0.25, -0.2) is 17.6 Å². The predicted octanol–water partition coefficient (Wildman–Crippen LogP) is 5.39. The van der Waals surface area contributed by atoms with Crippen molar-refractivity contribution in [3.05, 3.63) is 34.9 Å². The molecule has 2 saturated heterocycles. The van der Waals surface area contributed by atoms with Gasteiger partial charge in [0, 0.05) is 17.6 Å². The molecule has 3 rings (SSSR count). The van der Waals surface area contributed by atoms with Gasteiger partial charge in [-0.05, 0) is 64.2 Å². The summed E-state index contributed by atoms with van der Waals surface area (Å²) in [5, 5.41) is 0. The van der Waals surface area contributed by atoms with Crippen LogP contribution in [0.5, 0.6) is 0 Å². The quantitative estimate of drug-likeness (QED) is 0.626. The molecule has 6 heteroatoms. The van der Waals surface area contributed by atoms with Crippen LogP contribution in [0.15, 0.2) is 12.1 Å². The SMILES string of the molecule is CC(C)c1ccc([C@H]2CCN(C3CCN(C(C)C)CC3)CC2(F)F)c(F)c1F. The van der Waals surface area contributed by atoms with E-state index < -0.39 is 23.5 Å². The highest BCUT2D eigenvalue weighted by atomic mass is 19.3. The van der Waals surface area contributed by atoms with Crippen molar-refractivity contribution in [1.29, 1.82) is 0 Å². The van der Waals surface area contributed by atoms with E-state index >= 15 is 0 Å². The van der Waals surface area contributed by atoms with Crippen LogP contribution in [0.25, 0.3) is 0 Å². The second-order valence-electron chi connectivity index (χ2n) is 8.96. The Balaban J connectivity index is 1.72. The van der Waals surface area contributed by atoms with Gasteiger partial charge in [-0.15, -0.1) is 0 Å². The number of hydrogen-bond donors (Lipinski definition) is 0. The highest BCUT2D eigenvalue weighted by Crippen LogP contribution is 2.43. The fraction of sp³-hybridized carbons (Fsp3) is 0.727. The van der Waals surface area contributed by atoms with Crippen LogP contribution in [0.2, 0.25) is 0 Å². The lowest BCUT2D eigenvalue weighted by Gasteiger charge is -2.45. The van der Waals surface area contributed by atoms with Crippen LogP contribution in [0.1, 0.15) is 69.9 Å². The molecule has 2 nitrogen and oxygen atoms in total. The molecule has 0 bridgehead atoms. The molecular weight excluding hydrogens is 368 g/mol. The summed E-state index contributed by atoms with van der Waals surface area (Å²) in [6.07, 6.45) is 1.91. The van der Waals surface area contributed by atoms with Crippen molar-refractivity contribution in [2.45, 2.75) is 76.8 Å². The number of alkyl halides is 2. The highest BCUT2D eigenvalue weighted by molar-refractivity contribution is 5.32. The summed E-state index contributed by atoms with van der Waals surface area (Å²) < 4.78 is 58.9. The smallest absolute Gasteiger partial charge is 0.267 e. The fourth-order valence-electron chi connectivity index (χ4n) is 4.72. The second-order valence-corrected chi connectivity index (χ2v) is 8.96. The normalized spacial score (nSPS) is 25.0. The van der Waals surface area contributed by atoms with Crippen molar-refractivity contribution < 1.29 is 17.6 Å². The van der Waals surface area contributed by atoms with Crippen molar-refractivity contribution in [1.82, 2.24) is 9.80 Å². The average Bonchev–Trinajstić information content (AvgIpc) is 2.63. The largest absolute Gasteiger partial charge is 0.301 e. The van der Waals surface area contributed by atoms with E-state index in [1.54, 1.807) is 13.8 Å². The predicted molar refractivity (Wildman–Crippen MR) is 104 cm³/mol. The topological polar surface area (TPSA) is 6.48 Å². The van der Waals surface area contributed by atoms with E-state index in [0.29, 0.717) is 12.6 Å². The molecule has 1 aromatic carbocycles. The van der Waals surface area contributed by atoms with Gasteiger partial charge in [0.05, 0.1) is 12.5 Å². The van der Waals surface area contributed by atoms with Crippen LogP contribution >= 0.6 is 0 Å². The number of halogens is 4. The molecule has 0 spiro atoms. The van der Waals surface area contributed by atoms with Crippen molar-refractivity contribution in [3.63, 3.8) is 0 Å². The third kappa shape index (κ3) is 4.23. The molecule has 0 amide bonds. The Morgan fingerprint density at radius 1 is 0.929 bits per heavy atom. The maximum Gasteiger partial charge on any atom is 0.267 e. The maximum atomic E-state index is 15.0. The summed E-state index contributed by atoms with van der Waals surface area (Å²) >= 11 is 0. The van der Waals surface area contributed by atoms with Crippen LogP contribution in [0, 0.1) is 11.6 Å². The van der Waals surface area contributed by atoms with E-state index in [1.807, 2.05) is 4.90 Å². The first kappa shape index (κ1) is 21.6. The number of nitrogens with zero attached hydrogens (tertiary/aromatic N) is 2. The third-order valence-corrected chi connectivity index (χ3v) is 6.51. The first-order valence-electron chi connectivity index (χ1n) is 10.5. The van der Waals surface area contributed by atoms with Crippen molar-refractivity contribution in [2.24, 2.45) is 0 Å². The average molecular weight is 401 g/mol. The maximum absolute atomic E-state index is 15.0. The van der Waals surface area contributed by atoms with E-state index in [1.165, 1.54) is 12.1 Å². The van der Waals surface area contributed by atoms with Crippen LogP contribution in [-0.4, -0.2) is 54.0 Å². The van der Waals surface area contributed by atoms with Gasteiger partial charge < -0.3 is 4.90 Å². The van der Waals surface area contributed by atoms with Gasteiger partial charge >= 0.3 is 0 Å². The van der Waals surface area contributed by atoms with Gasteiger partial charge in [-0.1, -0.05) is 26.0 Å². The van der Waals surface area contributed by atoms with Gasteiger partial charge in [0.2, 0.25) is 0 Å². The minimum Gasteiger partial charge on any atom is -0.301 e. The lowest BCUT2D eigenvalue weighted by atomic mass is 9.83. The molecule has 2 fully saturated rings. The number of benzene rings is 1. The monoisotopic (exact) mass is 400 g/mol. The van der Waals surface area contributed by atoms with Crippen LogP contribution in [0.4, 0.5) is 17.6 Å². The lowest BCUT2D eigenvalue weighted by molar-refractivity contribution is -0.0988. The van der Waals surface area contributed by atoms with E-state index in [0.717, 1.165) is 25.9 Å². The summed E-state index contributed by atoms with van der Waals surface area (Å²) in [6.45, 7) is 9.78. The minimum absolute atomic E-state index is 0.145. The van der Waals surface area contributed by atoms with Crippen LogP contribution < -0.4 is 0 Å². The first-order chi connectivity index (χ1) is 13.1. The molecule has 1 aromatic rings. The Bertz CT molecular complexity index is 681. The summed E-state index contributed by atoms with van der Waals surface area (Å²) in [7, 11) is 0. The van der Waals surface area contributed by atoms with Gasteiger partial charge in [0.1, 0.15) is 0 Å². The molecule has 0 aliphatic carbocycles. The standard InChI is InChI=1S/C22H32F4N2/c1-14(2)17-5-6-18(21(24)20(17)23)19-9-12-28(13-22(19,25)26)16-7-10-27(11-8-16)15(3)4/h5-6,14-16,19H,7-13H2,1-4H3/t19-/m1/s1. The molecule has 2 aliphatic heterocycles. The molecule has 0 aromatic heterocycles. The van der Waals surface area contributed by atoms with Crippen LogP contribution in [-0.2, 0) is 0 Å². The molecule has 2 aliphatic rings. The Labute approximate surface area is 165 Å². The molecule has 0 N–H and O–H groups in total. The first-order valence-corrected chi connectivity index (χ1v) is 10.5. The molecule has 28 heavy (non-hydrogen) atoms. The highest BCUT2D eigenvalue weighted by Gasteiger charge is 2.48. The Hall–Kier alpha value is -1.14. The van der Waals surface area contributed by atoms with E-state index in [-0.39, 0.29) is 36.1 Å². The van der Waals surface area contributed by atoms with Crippen molar-refractivity contribution in [2.75, 3.05) is 26.2 Å². The molecule has 158 valence electrons. The van der Waals surface area contributed by atoms with E-state index in [4.69, 9.17) is 0 Å². The Kier molecular flexibility index (Phi) is 6.40. The lowest BCUT2D eigenvalue weighted by Crippen LogP contribution is -2.54. The second kappa shape index (κ2) is 8.31. The summed E-state index contributed by atoms with van der Waals surface area (Å²) in [5.74, 6) is -6.61. The number of piperidine rings is 2. The number of likely N-dealkylation sites (tertiary alicyclic amines) is 2. The zero-order chi connectivity index (χ0) is 20.6. The minimum atomic E-state index is -3.07. The van der Waals surface area contributed by atoms with E-state index in [2.05, 4.69) is 18.7 Å². The van der Waals surface area contributed by atoms with Crippen molar-refractivity contribution >= 4 is 0 Å². The molecular formula is C22H32F4N2. The number of hydrogen-bond acceptors (Lipinski definition) is 2. The summed E-state index contributed by atoms with van der Waals surface area (Å²) in [5.41, 5.74) is 0.0556. The molecule has 2 heterocycles. The molecule has 0 saturated carbocycles. The Morgan fingerprint density at radius 2 is 1.57 bits per heavy atom. The zero-order valence-electron chi connectivity index (χ0n) is 17.3. The van der Waals surface area contributed by atoms with Gasteiger partial charge in [-0.2, -0.15) is 0 Å². The summed E-state index contributed by atoms with van der Waals surface area (Å²) in [6, 6.07) is 3.44. The van der Waals surface area contributed by atoms with E-state index in [9.17, 15) is 17.6 Å². The zero-order valence-corrected chi connectivity index (χ0v) is 17.3. The van der Waals surface area contributed by atoms with Crippen LogP contribution in [0.3, 0.4) is 0 Å². The van der Waals surface area contributed by atoms with Gasteiger partial charge in [-0.3, -0.25) is 4.90 Å². The third-order valence-electron chi connectivity index (χ3n) is 6.51. The van der Waals surface area contributed by atoms with Gasteiger partial charge in [0.25, 0.3) is 5.92 Å².